The summed E-state index contributed by atoms with van der Waals surface area (Å²) in [7, 11) is 2.00. The summed E-state index contributed by atoms with van der Waals surface area (Å²) in [4.78, 5) is 1.40. The summed E-state index contributed by atoms with van der Waals surface area (Å²) in [6, 6.07) is 9.39. The highest BCUT2D eigenvalue weighted by Gasteiger charge is 2.01. The number of nitrogens with one attached hydrogen (secondary N) is 1. The van der Waals surface area contributed by atoms with Crippen molar-refractivity contribution < 1.29 is 0 Å². The second kappa shape index (κ2) is 8.60. The van der Waals surface area contributed by atoms with E-state index in [-0.39, 0.29) is 0 Å². The summed E-state index contributed by atoms with van der Waals surface area (Å²) in [6.45, 7) is 4.45. The van der Waals surface area contributed by atoms with Crippen molar-refractivity contribution in [2.75, 3.05) is 12.8 Å². The van der Waals surface area contributed by atoms with Gasteiger partial charge in [-0.1, -0.05) is 38.3 Å². The zero-order valence-electron chi connectivity index (χ0n) is 11.3. The van der Waals surface area contributed by atoms with E-state index in [1.54, 1.807) is 0 Å². The maximum atomic E-state index is 3.26. The number of benzene rings is 1. The molecule has 0 fully saturated rings. The Hall–Kier alpha value is -0.470. The predicted molar refractivity (Wildman–Crippen MR) is 78.8 cm³/mol. The molecule has 0 saturated heterocycles. The number of unbranched alkanes of at least 4 members (excludes halogenated alkanes) is 3. The molecule has 1 N–H and O–H groups in total. The van der Waals surface area contributed by atoms with Crippen LogP contribution in [0.1, 0.15) is 51.1 Å². The van der Waals surface area contributed by atoms with E-state index in [2.05, 4.69) is 43.4 Å². The fourth-order valence-corrected chi connectivity index (χ4v) is 2.65. The summed E-state index contributed by atoms with van der Waals surface area (Å²) in [5, 5.41) is 3.26. The van der Waals surface area contributed by atoms with E-state index in [1.807, 2.05) is 18.8 Å². The lowest BCUT2D eigenvalue weighted by atomic mass is 10.1. The van der Waals surface area contributed by atoms with Gasteiger partial charge >= 0.3 is 0 Å². The van der Waals surface area contributed by atoms with Crippen LogP contribution in [0.4, 0.5) is 0 Å². The third-order valence-corrected chi connectivity index (χ3v) is 4.18. The highest BCUT2D eigenvalue weighted by atomic mass is 32.2. The zero-order chi connectivity index (χ0) is 12.5. The Bertz CT molecular complexity index is 294. The number of hydrogen-bond donors (Lipinski definition) is 1. The van der Waals surface area contributed by atoms with E-state index < -0.39 is 0 Å². The first-order valence-electron chi connectivity index (χ1n) is 6.68. The highest BCUT2D eigenvalue weighted by Crippen LogP contribution is 2.22. The molecular formula is C15H25NS. The second-order valence-corrected chi connectivity index (χ2v) is 5.66. The van der Waals surface area contributed by atoms with Crippen molar-refractivity contribution in [2.45, 2.75) is 50.5 Å². The maximum absolute atomic E-state index is 3.26. The lowest BCUT2D eigenvalue weighted by Crippen LogP contribution is -2.11. The van der Waals surface area contributed by atoms with Crippen molar-refractivity contribution in [1.29, 1.82) is 0 Å². The molecule has 1 atom stereocenters. The van der Waals surface area contributed by atoms with Crippen molar-refractivity contribution in [3.63, 3.8) is 0 Å². The van der Waals surface area contributed by atoms with Crippen LogP contribution in [-0.2, 0) is 0 Å². The molecule has 0 radical (unpaired) electrons. The second-order valence-electron chi connectivity index (χ2n) is 4.49. The minimum absolute atomic E-state index is 0.443. The topological polar surface area (TPSA) is 12.0 Å². The molecule has 1 aromatic rings. The molecule has 1 rings (SSSR count). The maximum Gasteiger partial charge on any atom is 0.0289 e. The van der Waals surface area contributed by atoms with Crippen LogP contribution in [0, 0.1) is 0 Å². The van der Waals surface area contributed by atoms with E-state index >= 15 is 0 Å². The number of rotatable bonds is 8. The molecule has 17 heavy (non-hydrogen) atoms. The minimum Gasteiger partial charge on any atom is -0.313 e. The Morgan fingerprint density at radius 3 is 2.41 bits per heavy atom. The van der Waals surface area contributed by atoms with E-state index in [9.17, 15) is 0 Å². The van der Waals surface area contributed by atoms with Crippen LogP contribution in [-0.4, -0.2) is 12.8 Å². The Balaban J connectivity index is 2.30. The quantitative estimate of drug-likeness (QED) is 0.533. The molecule has 0 spiro atoms. The number of thioether (sulfide) groups is 1. The lowest BCUT2D eigenvalue weighted by Gasteiger charge is -2.10. The molecule has 0 aliphatic carbocycles. The van der Waals surface area contributed by atoms with Crippen LogP contribution in [0.15, 0.2) is 29.2 Å². The van der Waals surface area contributed by atoms with Gasteiger partial charge in [-0.15, -0.1) is 11.8 Å². The first-order chi connectivity index (χ1) is 8.27. The van der Waals surface area contributed by atoms with Gasteiger partial charge in [-0.3, -0.25) is 0 Å². The molecule has 1 nitrogen and oxygen atoms in total. The normalized spacial score (nSPS) is 12.6. The van der Waals surface area contributed by atoms with Gasteiger partial charge in [0, 0.05) is 10.9 Å². The van der Waals surface area contributed by atoms with Crippen molar-refractivity contribution in [3.8, 4) is 0 Å². The van der Waals surface area contributed by atoms with Crippen molar-refractivity contribution in [1.82, 2.24) is 5.32 Å². The Kier molecular flexibility index (Phi) is 7.38. The van der Waals surface area contributed by atoms with Crippen molar-refractivity contribution in [2.24, 2.45) is 0 Å². The van der Waals surface area contributed by atoms with Crippen LogP contribution < -0.4 is 5.32 Å². The summed E-state index contributed by atoms with van der Waals surface area (Å²) < 4.78 is 0. The van der Waals surface area contributed by atoms with E-state index in [0.29, 0.717) is 6.04 Å². The van der Waals surface area contributed by atoms with Crippen LogP contribution in [0.5, 0.6) is 0 Å². The monoisotopic (exact) mass is 251 g/mol. The van der Waals surface area contributed by atoms with Gasteiger partial charge in [-0.05, 0) is 43.8 Å². The van der Waals surface area contributed by atoms with E-state index in [4.69, 9.17) is 0 Å². The fourth-order valence-electron chi connectivity index (χ4n) is 1.74. The molecule has 0 amide bonds. The summed E-state index contributed by atoms with van der Waals surface area (Å²) >= 11 is 1.98. The Morgan fingerprint density at radius 2 is 1.82 bits per heavy atom. The van der Waals surface area contributed by atoms with E-state index in [1.165, 1.54) is 41.9 Å². The molecule has 0 aliphatic rings. The Labute approximate surface area is 110 Å². The average Bonchev–Trinajstić information content (AvgIpc) is 2.38. The van der Waals surface area contributed by atoms with Gasteiger partial charge in [-0.2, -0.15) is 0 Å². The standard InChI is InChI=1S/C15H25NS/c1-4-5-6-7-12-17-15-10-8-14(9-11-15)13(2)16-3/h8-11,13,16H,4-7,12H2,1-3H3. The number of hydrogen-bond acceptors (Lipinski definition) is 2. The third kappa shape index (κ3) is 5.60. The first-order valence-corrected chi connectivity index (χ1v) is 7.66. The van der Waals surface area contributed by atoms with Crippen LogP contribution in [0.25, 0.3) is 0 Å². The third-order valence-electron chi connectivity index (χ3n) is 3.08. The van der Waals surface area contributed by atoms with Crippen LogP contribution in [0.2, 0.25) is 0 Å². The van der Waals surface area contributed by atoms with Crippen molar-refractivity contribution in [3.05, 3.63) is 29.8 Å². The smallest absolute Gasteiger partial charge is 0.0289 e. The van der Waals surface area contributed by atoms with Crippen LogP contribution in [0.3, 0.4) is 0 Å². The van der Waals surface area contributed by atoms with Crippen molar-refractivity contribution >= 4 is 11.8 Å². The molecule has 0 aromatic heterocycles. The molecule has 96 valence electrons. The molecule has 0 heterocycles. The largest absolute Gasteiger partial charge is 0.313 e. The predicted octanol–water partition coefficient (Wildman–Crippen LogP) is 4.64. The summed E-state index contributed by atoms with van der Waals surface area (Å²) in [5.41, 5.74) is 1.36. The van der Waals surface area contributed by atoms with E-state index in [0.717, 1.165) is 0 Å². The lowest BCUT2D eigenvalue weighted by molar-refractivity contribution is 0.652. The van der Waals surface area contributed by atoms with Gasteiger partial charge < -0.3 is 5.32 Å². The molecule has 1 aromatic carbocycles. The van der Waals surface area contributed by atoms with Crippen LogP contribution >= 0.6 is 11.8 Å². The molecule has 0 saturated carbocycles. The zero-order valence-corrected chi connectivity index (χ0v) is 12.1. The van der Waals surface area contributed by atoms with Gasteiger partial charge in [0.15, 0.2) is 0 Å². The summed E-state index contributed by atoms with van der Waals surface area (Å²) in [5.74, 6) is 1.25. The minimum atomic E-state index is 0.443. The average molecular weight is 251 g/mol. The molecule has 1 unspecified atom stereocenters. The Morgan fingerprint density at radius 1 is 1.12 bits per heavy atom. The molecule has 2 heteroatoms. The molecule has 0 aliphatic heterocycles. The molecular weight excluding hydrogens is 226 g/mol. The fraction of sp³-hybridized carbons (Fsp3) is 0.600. The first kappa shape index (κ1) is 14.6. The van der Waals surface area contributed by atoms with Gasteiger partial charge in [0.05, 0.1) is 0 Å². The summed E-state index contributed by atoms with van der Waals surface area (Å²) in [6.07, 6.45) is 5.41. The van der Waals surface area contributed by atoms with Gasteiger partial charge in [0.1, 0.15) is 0 Å². The van der Waals surface area contributed by atoms with Gasteiger partial charge in [0.25, 0.3) is 0 Å². The SMILES string of the molecule is CCCCCCSc1ccc(C(C)NC)cc1. The van der Waals surface area contributed by atoms with Gasteiger partial charge in [-0.25, -0.2) is 0 Å². The highest BCUT2D eigenvalue weighted by molar-refractivity contribution is 7.99. The molecule has 0 bridgehead atoms. The van der Waals surface area contributed by atoms with Gasteiger partial charge in [0.2, 0.25) is 0 Å².